The first-order chi connectivity index (χ1) is 17.3. The van der Waals surface area contributed by atoms with Crippen molar-refractivity contribution >= 4 is 29.0 Å². The minimum atomic E-state index is -0.503. The minimum Gasteiger partial charge on any atom is -0.493 e. The highest BCUT2D eigenvalue weighted by molar-refractivity contribution is 7.12. The lowest BCUT2D eigenvalue weighted by Gasteiger charge is -2.35. The van der Waals surface area contributed by atoms with Gasteiger partial charge in [-0.3, -0.25) is 14.8 Å². The van der Waals surface area contributed by atoms with E-state index in [1.54, 1.807) is 16.8 Å². The molecule has 0 spiro atoms. The van der Waals surface area contributed by atoms with Crippen molar-refractivity contribution in [3.05, 3.63) is 55.5 Å². The van der Waals surface area contributed by atoms with Crippen molar-refractivity contribution in [3.63, 3.8) is 0 Å². The van der Waals surface area contributed by atoms with Gasteiger partial charge in [0.05, 0.1) is 22.8 Å². The van der Waals surface area contributed by atoms with Crippen LogP contribution in [0.25, 0.3) is 23.0 Å². The number of aromatic hydroxyl groups is 1. The average Bonchev–Trinajstić information content (AvgIpc) is 3.22. The van der Waals surface area contributed by atoms with Gasteiger partial charge in [0, 0.05) is 47.4 Å². The van der Waals surface area contributed by atoms with Crippen LogP contribution < -0.4 is 21.7 Å². The Bertz CT molecular complexity index is 1630. The molecule has 1 aliphatic heterocycles. The van der Waals surface area contributed by atoms with Crippen LogP contribution in [0.4, 0.5) is 0 Å². The number of carbonyl (C=O) groups excluding carboxylic acids is 1. The number of thiophene rings is 1. The molecule has 0 bridgehead atoms. The molecule has 36 heavy (non-hydrogen) atoms. The second kappa shape index (κ2) is 8.71. The number of H-pyrrole nitrogens is 2. The van der Waals surface area contributed by atoms with Crippen LogP contribution in [-0.4, -0.2) is 71.7 Å². The molecule has 5 heterocycles. The number of hydrogen-bond acceptors (Lipinski definition) is 8. The molecule has 0 unspecified atom stereocenters. The largest absolute Gasteiger partial charge is 0.493 e. The molecule has 4 N–H and O–H groups in total. The van der Waals surface area contributed by atoms with E-state index in [-0.39, 0.29) is 35.6 Å². The molecule has 0 aromatic carbocycles. The Labute approximate surface area is 209 Å². The fourth-order valence-electron chi connectivity index (χ4n) is 4.58. The molecule has 2 aliphatic rings. The Balaban J connectivity index is 1.42. The molecule has 4 aromatic rings. The van der Waals surface area contributed by atoms with Crippen molar-refractivity contribution in [1.82, 2.24) is 34.8 Å². The van der Waals surface area contributed by atoms with Crippen molar-refractivity contribution in [3.8, 4) is 17.1 Å². The number of fused-ring (bicyclic) bond motifs is 1. The second-order valence-electron chi connectivity index (χ2n) is 9.56. The monoisotopic (exact) mass is 506 g/mol. The van der Waals surface area contributed by atoms with Gasteiger partial charge in [-0.1, -0.05) is 0 Å². The lowest BCUT2D eigenvalue weighted by atomic mass is 10.1. The third-order valence-corrected chi connectivity index (χ3v) is 7.25. The molecule has 11 nitrogen and oxygen atoms in total. The second-order valence-corrected chi connectivity index (χ2v) is 10.5. The van der Waals surface area contributed by atoms with E-state index in [0.717, 1.165) is 18.4 Å². The molecular formula is C24H26N8O3S. The average molecular weight is 507 g/mol. The summed E-state index contributed by atoms with van der Waals surface area (Å²) in [5, 5.41) is 20.5. The van der Waals surface area contributed by atoms with Crippen LogP contribution in [0, 0.1) is 0 Å². The first-order valence-corrected chi connectivity index (χ1v) is 12.8. The molecule has 2 atom stereocenters. The molecule has 1 aliphatic carbocycles. The van der Waals surface area contributed by atoms with Gasteiger partial charge in [0.2, 0.25) is 5.88 Å². The molecule has 0 radical (unpaired) electrons. The number of aromatic amines is 2. The Hall–Kier alpha value is -3.77. The number of hydrogen-bond donors (Lipinski definition) is 4. The zero-order valence-electron chi connectivity index (χ0n) is 19.9. The first kappa shape index (κ1) is 22.7. The van der Waals surface area contributed by atoms with Crippen LogP contribution in [0.2, 0.25) is 0 Å². The lowest BCUT2D eigenvalue weighted by molar-refractivity contribution is 0.0678. The van der Waals surface area contributed by atoms with Gasteiger partial charge in [-0.2, -0.15) is 9.61 Å². The molecule has 1 saturated heterocycles. The smallest absolute Gasteiger partial charge is 0.326 e. The number of nitrogens with zero attached hydrogens (tertiary/aromatic N) is 5. The summed E-state index contributed by atoms with van der Waals surface area (Å²) in [6.45, 7) is 5.52. The fraction of sp³-hybridized carbons (Fsp3) is 0.375. The van der Waals surface area contributed by atoms with Gasteiger partial charge in [0.1, 0.15) is 5.69 Å². The van der Waals surface area contributed by atoms with E-state index >= 15 is 0 Å². The topological polar surface area (TPSA) is 144 Å². The summed E-state index contributed by atoms with van der Waals surface area (Å²) in [6.07, 6.45) is 5.31. The third kappa shape index (κ3) is 4.33. The van der Waals surface area contributed by atoms with Crippen LogP contribution in [0.15, 0.2) is 33.5 Å². The van der Waals surface area contributed by atoms with Gasteiger partial charge in [0.25, 0.3) is 5.91 Å². The van der Waals surface area contributed by atoms with E-state index in [1.807, 2.05) is 22.4 Å². The van der Waals surface area contributed by atoms with Crippen LogP contribution in [0.5, 0.6) is 5.88 Å². The maximum absolute atomic E-state index is 13.2. The summed E-state index contributed by atoms with van der Waals surface area (Å²) < 4.78 is 1.66. The van der Waals surface area contributed by atoms with E-state index in [4.69, 9.17) is 9.98 Å². The first-order valence-electron chi connectivity index (χ1n) is 11.9. The molecule has 12 heteroatoms. The summed E-state index contributed by atoms with van der Waals surface area (Å²) in [4.78, 5) is 41.8. The predicted octanol–water partition coefficient (Wildman–Crippen LogP) is 0.613. The highest BCUT2D eigenvalue weighted by Crippen LogP contribution is 2.26. The van der Waals surface area contributed by atoms with E-state index < -0.39 is 5.69 Å². The Morgan fingerprint density at radius 2 is 2.00 bits per heavy atom. The van der Waals surface area contributed by atoms with Crippen LogP contribution in [0.1, 0.15) is 42.1 Å². The molecule has 4 aromatic heterocycles. The maximum atomic E-state index is 13.2. The van der Waals surface area contributed by atoms with Gasteiger partial charge >= 0.3 is 5.69 Å². The van der Waals surface area contributed by atoms with Gasteiger partial charge in [0.15, 0.2) is 11.1 Å². The standard InChI is InChI=1S/C24H26N8O3S/c1-12-9-31(10-13(2)26-12)23(34)19-6-15(11-36-19)17-7-20(27-16-3-4-16)32-21(28-17)14(8-25-32)5-18-22(33)30-24(35)29-18/h5-8,11-13,16,26,33H,3-4,9-10H2,1-2H3,(H2,29,30,35)/b14-5+,27-20?/t12-,13+. The number of aromatic nitrogens is 5. The summed E-state index contributed by atoms with van der Waals surface area (Å²) >= 11 is 1.41. The van der Waals surface area contributed by atoms with Crippen molar-refractivity contribution < 1.29 is 9.90 Å². The summed E-state index contributed by atoms with van der Waals surface area (Å²) in [5.74, 6) is -0.225. The number of imidazole rings is 1. The Morgan fingerprint density at radius 1 is 1.22 bits per heavy atom. The van der Waals surface area contributed by atoms with Crippen LogP contribution >= 0.6 is 11.3 Å². The van der Waals surface area contributed by atoms with Crippen molar-refractivity contribution in [2.24, 2.45) is 4.99 Å². The van der Waals surface area contributed by atoms with E-state index in [9.17, 15) is 14.7 Å². The zero-order chi connectivity index (χ0) is 25.0. The van der Waals surface area contributed by atoms with Gasteiger partial charge in [-0.05, 0) is 38.8 Å². The number of carbonyl (C=O) groups is 1. The molecular weight excluding hydrogens is 480 g/mol. The van der Waals surface area contributed by atoms with Crippen molar-refractivity contribution in [1.29, 1.82) is 0 Å². The maximum Gasteiger partial charge on any atom is 0.326 e. The predicted molar refractivity (Wildman–Crippen MR) is 135 cm³/mol. The highest BCUT2D eigenvalue weighted by atomic mass is 32.1. The van der Waals surface area contributed by atoms with E-state index in [0.29, 0.717) is 40.0 Å². The molecule has 1 saturated carbocycles. The van der Waals surface area contributed by atoms with Crippen LogP contribution in [0.3, 0.4) is 0 Å². The zero-order valence-corrected chi connectivity index (χ0v) is 20.7. The number of rotatable bonds is 4. The number of piperazine rings is 1. The fourth-order valence-corrected chi connectivity index (χ4v) is 5.44. The van der Waals surface area contributed by atoms with Crippen molar-refractivity contribution in [2.75, 3.05) is 13.1 Å². The third-order valence-electron chi connectivity index (χ3n) is 6.33. The lowest BCUT2D eigenvalue weighted by Crippen LogP contribution is -2.55. The quantitative estimate of drug-likeness (QED) is 0.319. The number of nitrogens with one attached hydrogen (secondary N) is 3. The summed E-state index contributed by atoms with van der Waals surface area (Å²) in [5.41, 5.74) is 2.47. The molecule has 186 valence electrons. The van der Waals surface area contributed by atoms with Crippen molar-refractivity contribution in [2.45, 2.75) is 44.8 Å². The normalized spacial score (nSPS) is 21.6. The summed E-state index contributed by atoms with van der Waals surface area (Å²) in [7, 11) is 0. The molecule has 1 amide bonds. The molecule has 6 rings (SSSR count). The molecule has 2 fully saturated rings. The summed E-state index contributed by atoms with van der Waals surface area (Å²) in [6, 6.07) is 4.54. The SMILES string of the molecule is C[C@@H]1CN(C(=O)c2cc(-c3cc(=NC4CC4)n4nc/c(=C\c5[nH]c(=O)[nH]c5O)c4n3)cs2)C[C@H](C)N1. The highest BCUT2D eigenvalue weighted by Gasteiger charge is 2.27. The van der Waals surface area contributed by atoms with Gasteiger partial charge < -0.3 is 20.3 Å². The Kier molecular flexibility index (Phi) is 5.49. The van der Waals surface area contributed by atoms with Gasteiger partial charge in [-0.25, -0.2) is 9.78 Å². The Morgan fingerprint density at radius 3 is 2.69 bits per heavy atom. The minimum absolute atomic E-state index is 0.0284. The number of amides is 1. The van der Waals surface area contributed by atoms with E-state index in [1.165, 1.54) is 11.3 Å². The van der Waals surface area contributed by atoms with E-state index in [2.05, 4.69) is 34.2 Å². The van der Waals surface area contributed by atoms with Crippen LogP contribution in [-0.2, 0) is 0 Å². The van der Waals surface area contributed by atoms with Gasteiger partial charge in [-0.15, -0.1) is 11.3 Å².